The van der Waals surface area contributed by atoms with Gasteiger partial charge in [0.25, 0.3) is 5.91 Å². The number of nitrogens with zero attached hydrogens (tertiary/aromatic N) is 1. The van der Waals surface area contributed by atoms with Gasteiger partial charge in [0.05, 0.1) is 23.5 Å². The average molecular weight is 445 g/mol. The van der Waals surface area contributed by atoms with Crippen molar-refractivity contribution in [3.63, 3.8) is 0 Å². The third-order valence-corrected chi connectivity index (χ3v) is 7.46. The van der Waals surface area contributed by atoms with Crippen molar-refractivity contribution in [2.24, 2.45) is 0 Å². The first-order chi connectivity index (χ1) is 14.9. The SMILES string of the molecule is O=C(COC(=O)C1(c2ccccc2)CC1)Nc1ccc(S(=O)(=O)N2CCOCC2)cc1. The quantitative estimate of drug-likeness (QED) is 0.655. The molecule has 0 atom stereocenters. The van der Waals surface area contributed by atoms with Crippen LogP contribution in [-0.4, -0.2) is 57.5 Å². The van der Waals surface area contributed by atoms with Gasteiger partial charge in [-0.3, -0.25) is 9.59 Å². The Labute approximate surface area is 181 Å². The van der Waals surface area contributed by atoms with Crippen LogP contribution in [0.4, 0.5) is 5.69 Å². The van der Waals surface area contributed by atoms with E-state index in [1.165, 1.54) is 28.6 Å². The number of hydrogen-bond acceptors (Lipinski definition) is 6. The van der Waals surface area contributed by atoms with Crippen LogP contribution in [0.3, 0.4) is 0 Å². The van der Waals surface area contributed by atoms with E-state index in [9.17, 15) is 18.0 Å². The van der Waals surface area contributed by atoms with Crippen molar-refractivity contribution in [1.82, 2.24) is 4.31 Å². The number of anilines is 1. The Morgan fingerprint density at radius 3 is 2.26 bits per heavy atom. The molecule has 1 saturated carbocycles. The van der Waals surface area contributed by atoms with Gasteiger partial charge in [-0.1, -0.05) is 30.3 Å². The summed E-state index contributed by atoms with van der Waals surface area (Å²) in [5, 5.41) is 2.62. The van der Waals surface area contributed by atoms with Crippen molar-refractivity contribution in [1.29, 1.82) is 0 Å². The van der Waals surface area contributed by atoms with Gasteiger partial charge in [-0.2, -0.15) is 4.31 Å². The second-order valence-corrected chi connectivity index (χ2v) is 9.55. The van der Waals surface area contributed by atoms with Crippen LogP contribution in [0.1, 0.15) is 18.4 Å². The zero-order chi connectivity index (χ0) is 21.9. The van der Waals surface area contributed by atoms with E-state index in [0.29, 0.717) is 44.8 Å². The molecule has 2 fully saturated rings. The zero-order valence-corrected chi connectivity index (χ0v) is 17.8. The predicted molar refractivity (Wildman–Crippen MR) is 113 cm³/mol. The number of esters is 1. The van der Waals surface area contributed by atoms with E-state index < -0.39 is 33.9 Å². The van der Waals surface area contributed by atoms with Crippen LogP contribution in [0, 0.1) is 0 Å². The van der Waals surface area contributed by atoms with Crippen LogP contribution < -0.4 is 5.32 Å². The fourth-order valence-corrected chi connectivity index (χ4v) is 5.01. The topological polar surface area (TPSA) is 102 Å². The van der Waals surface area contributed by atoms with Crippen molar-refractivity contribution < 1.29 is 27.5 Å². The highest BCUT2D eigenvalue weighted by molar-refractivity contribution is 7.89. The first kappa shape index (κ1) is 21.5. The molecule has 0 spiro atoms. The number of nitrogens with one attached hydrogen (secondary N) is 1. The second-order valence-electron chi connectivity index (χ2n) is 7.61. The van der Waals surface area contributed by atoms with Crippen LogP contribution in [-0.2, 0) is 34.5 Å². The molecule has 1 saturated heterocycles. The summed E-state index contributed by atoms with van der Waals surface area (Å²) >= 11 is 0. The maximum Gasteiger partial charge on any atom is 0.317 e. The lowest BCUT2D eigenvalue weighted by Crippen LogP contribution is -2.40. The number of benzene rings is 2. The largest absolute Gasteiger partial charge is 0.455 e. The molecule has 1 heterocycles. The van der Waals surface area contributed by atoms with Gasteiger partial charge in [0, 0.05) is 18.8 Å². The van der Waals surface area contributed by atoms with Crippen LogP contribution >= 0.6 is 0 Å². The molecule has 0 radical (unpaired) electrons. The van der Waals surface area contributed by atoms with Crippen LogP contribution in [0.25, 0.3) is 0 Å². The molecule has 9 heteroatoms. The van der Waals surface area contributed by atoms with Gasteiger partial charge in [0.1, 0.15) is 0 Å². The predicted octanol–water partition coefficient (Wildman–Crippen LogP) is 1.92. The number of carbonyl (C=O) groups excluding carboxylic acids is 2. The lowest BCUT2D eigenvalue weighted by atomic mass is 9.96. The van der Waals surface area contributed by atoms with Gasteiger partial charge in [-0.25, -0.2) is 8.42 Å². The molecular formula is C22H24N2O6S. The Morgan fingerprint density at radius 2 is 1.65 bits per heavy atom. The second kappa shape index (κ2) is 8.78. The Bertz CT molecular complexity index is 1040. The van der Waals surface area contributed by atoms with E-state index >= 15 is 0 Å². The summed E-state index contributed by atoms with van der Waals surface area (Å²) in [5.74, 6) is -0.887. The fraction of sp³-hybridized carbons (Fsp3) is 0.364. The van der Waals surface area contributed by atoms with E-state index in [0.717, 1.165) is 5.56 Å². The Hall–Kier alpha value is -2.75. The van der Waals surface area contributed by atoms with E-state index in [4.69, 9.17) is 9.47 Å². The molecule has 1 N–H and O–H groups in total. The van der Waals surface area contributed by atoms with Crippen molar-refractivity contribution in [2.75, 3.05) is 38.2 Å². The van der Waals surface area contributed by atoms with Gasteiger partial charge >= 0.3 is 5.97 Å². The first-order valence-electron chi connectivity index (χ1n) is 10.1. The molecule has 0 bridgehead atoms. The van der Waals surface area contributed by atoms with E-state index in [1.807, 2.05) is 30.3 Å². The highest BCUT2D eigenvalue weighted by Gasteiger charge is 2.52. The molecule has 1 amide bonds. The minimum atomic E-state index is -3.59. The van der Waals surface area contributed by atoms with Gasteiger partial charge in [0.2, 0.25) is 10.0 Å². The summed E-state index contributed by atoms with van der Waals surface area (Å²) in [6.45, 7) is 0.976. The number of rotatable bonds is 7. The van der Waals surface area contributed by atoms with E-state index in [2.05, 4.69) is 5.32 Å². The van der Waals surface area contributed by atoms with Gasteiger partial charge in [0.15, 0.2) is 6.61 Å². The highest BCUT2D eigenvalue weighted by Crippen LogP contribution is 2.49. The number of hydrogen-bond donors (Lipinski definition) is 1. The normalized spacial score (nSPS) is 18.2. The zero-order valence-electron chi connectivity index (χ0n) is 17.0. The average Bonchev–Trinajstić information content (AvgIpc) is 3.61. The number of amides is 1. The Balaban J connectivity index is 1.31. The minimum Gasteiger partial charge on any atom is -0.455 e. The van der Waals surface area contributed by atoms with Gasteiger partial charge in [-0.05, 0) is 42.7 Å². The fourth-order valence-electron chi connectivity index (χ4n) is 3.61. The molecule has 0 aromatic heterocycles. The molecular weight excluding hydrogens is 420 g/mol. The molecule has 0 unspecified atom stereocenters. The van der Waals surface area contributed by atoms with E-state index in [-0.39, 0.29) is 4.90 Å². The number of carbonyl (C=O) groups is 2. The lowest BCUT2D eigenvalue weighted by molar-refractivity contribution is -0.150. The minimum absolute atomic E-state index is 0.150. The summed E-state index contributed by atoms with van der Waals surface area (Å²) in [4.78, 5) is 24.9. The number of ether oxygens (including phenoxy) is 2. The standard InChI is InChI=1S/C22H24N2O6S/c25-20(16-30-21(26)22(10-11-22)17-4-2-1-3-5-17)23-18-6-8-19(9-7-18)31(27,28)24-12-14-29-15-13-24/h1-9H,10-16H2,(H,23,25). The summed E-state index contributed by atoms with van der Waals surface area (Å²) in [6.07, 6.45) is 1.41. The third kappa shape index (κ3) is 4.63. The van der Waals surface area contributed by atoms with Crippen molar-refractivity contribution in [3.8, 4) is 0 Å². The summed E-state index contributed by atoms with van der Waals surface area (Å²) in [7, 11) is -3.59. The molecule has 1 aliphatic carbocycles. The molecule has 164 valence electrons. The summed E-state index contributed by atoms with van der Waals surface area (Å²) < 4.78 is 37.1. The maximum absolute atomic E-state index is 12.6. The molecule has 2 aromatic rings. The molecule has 1 aliphatic heterocycles. The van der Waals surface area contributed by atoms with Crippen molar-refractivity contribution in [3.05, 3.63) is 60.2 Å². The molecule has 8 nitrogen and oxygen atoms in total. The highest BCUT2D eigenvalue weighted by atomic mass is 32.2. The molecule has 2 aliphatic rings. The van der Waals surface area contributed by atoms with E-state index in [1.54, 1.807) is 0 Å². The summed E-state index contributed by atoms with van der Waals surface area (Å²) in [5.41, 5.74) is 0.681. The Morgan fingerprint density at radius 1 is 1.00 bits per heavy atom. The third-order valence-electron chi connectivity index (χ3n) is 5.55. The maximum atomic E-state index is 12.6. The van der Waals surface area contributed by atoms with Gasteiger partial charge < -0.3 is 14.8 Å². The molecule has 31 heavy (non-hydrogen) atoms. The van der Waals surface area contributed by atoms with Crippen LogP contribution in [0.2, 0.25) is 0 Å². The Kier molecular flexibility index (Phi) is 6.08. The van der Waals surface area contributed by atoms with Crippen molar-refractivity contribution in [2.45, 2.75) is 23.2 Å². The lowest BCUT2D eigenvalue weighted by Gasteiger charge is -2.26. The monoisotopic (exact) mass is 444 g/mol. The summed E-state index contributed by atoms with van der Waals surface area (Å²) in [6, 6.07) is 15.3. The number of morpholine rings is 1. The molecule has 4 rings (SSSR count). The van der Waals surface area contributed by atoms with Gasteiger partial charge in [-0.15, -0.1) is 0 Å². The smallest absolute Gasteiger partial charge is 0.317 e. The van der Waals surface area contributed by atoms with Crippen molar-refractivity contribution >= 4 is 27.6 Å². The first-order valence-corrected chi connectivity index (χ1v) is 11.6. The molecule has 2 aromatic carbocycles. The number of sulfonamides is 1. The van der Waals surface area contributed by atoms with Crippen LogP contribution in [0.15, 0.2) is 59.5 Å². The van der Waals surface area contributed by atoms with Crippen LogP contribution in [0.5, 0.6) is 0 Å².